The fourth-order valence-corrected chi connectivity index (χ4v) is 5.55. The summed E-state index contributed by atoms with van der Waals surface area (Å²) >= 11 is 0. The molecule has 3 aromatic carbocycles. The number of aryl methyl sites for hydroxylation is 1. The lowest BCUT2D eigenvalue weighted by molar-refractivity contribution is 0.856. The number of hydrogen-bond donors (Lipinski definition) is 1. The van der Waals surface area contributed by atoms with Crippen LogP contribution in [0.4, 0.5) is 5.82 Å². The van der Waals surface area contributed by atoms with Crippen molar-refractivity contribution in [3.05, 3.63) is 115 Å². The van der Waals surface area contributed by atoms with E-state index in [1.165, 1.54) is 43.7 Å². The highest BCUT2D eigenvalue weighted by molar-refractivity contribution is 6.11. The molecule has 0 saturated carbocycles. The molecule has 0 saturated heterocycles. The first kappa shape index (κ1) is 20.7. The second-order valence-corrected chi connectivity index (χ2v) is 9.23. The van der Waals surface area contributed by atoms with Crippen LogP contribution in [0.1, 0.15) is 11.3 Å². The number of aromatic nitrogens is 4. The van der Waals surface area contributed by atoms with Gasteiger partial charge in [0.05, 0.1) is 23.3 Å². The van der Waals surface area contributed by atoms with Crippen molar-refractivity contribution in [1.29, 1.82) is 0 Å². The summed E-state index contributed by atoms with van der Waals surface area (Å²) in [6, 6.07) is 32.0. The average Bonchev–Trinajstić information content (AvgIpc) is 3.41. The van der Waals surface area contributed by atoms with E-state index in [2.05, 4.69) is 112 Å². The van der Waals surface area contributed by atoms with Crippen LogP contribution in [0.3, 0.4) is 0 Å². The lowest BCUT2D eigenvalue weighted by atomic mass is 10.1. The van der Waals surface area contributed by atoms with Gasteiger partial charge in [-0.2, -0.15) is 0 Å². The molecule has 0 aliphatic carbocycles. The van der Waals surface area contributed by atoms with Crippen molar-refractivity contribution < 1.29 is 0 Å². The average molecular weight is 468 g/mol. The number of fused-ring (bicyclic) bond motifs is 6. The number of para-hydroxylation sites is 2. The Hall–Kier alpha value is -4.64. The smallest absolute Gasteiger partial charge is 0.150 e. The largest absolute Gasteiger partial charge is 0.363 e. The van der Waals surface area contributed by atoms with E-state index in [0.29, 0.717) is 6.54 Å². The summed E-state index contributed by atoms with van der Waals surface area (Å²) in [4.78, 5) is 9.57. The van der Waals surface area contributed by atoms with E-state index >= 15 is 0 Å². The van der Waals surface area contributed by atoms with Gasteiger partial charge in [-0.05, 0) is 29.8 Å². The maximum absolute atomic E-state index is 4.85. The minimum atomic E-state index is 0.579. The predicted molar refractivity (Wildman–Crippen MR) is 148 cm³/mol. The zero-order chi connectivity index (χ0) is 24.1. The molecule has 1 N–H and O–H groups in total. The molecule has 7 rings (SSSR count). The Morgan fingerprint density at radius 1 is 0.639 bits per heavy atom. The molecule has 0 atom stereocenters. The van der Waals surface area contributed by atoms with Gasteiger partial charge >= 0.3 is 0 Å². The Balaban J connectivity index is 1.36. The van der Waals surface area contributed by atoms with E-state index in [-0.39, 0.29) is 0 Å². The van der Waals surface area contributed by atoms with Crippen LogP contribution in [-0.2, 0) is 20.1 Å². The van der Waals surface area contributed by atoms with Gasteiger partial charge in [-0.15, -0.1) is 0 Å². The number of hydrogen-bond acceptors (Lipinski definition) is 3. The second-order valence-electron chi connectivity index (χ2n) is 9.23. The van der Waals surface area contributed by atoms with E-state index in [9.17, 15) is 0 Å². The Morgan fingerprint density at radius 2 is 1.28 bits per heavy atom. The van der Waals surface area contributed by atoms with Crippen molar-refractivity contribution in [3.63, 3.8) is 0 Å². The molecular formula is C31H25N5. The Labute approximate surface area is 208 Å². The SMILES string of the molecule is Cn1c2ccccc2c2ccnc(NCc3nccc4c5ccccc5n(Cc5ccccc5)c34)c21. The van der Waals surface area contributed by atoms with E-state index in [1.54, 1.807) is 0 Å². The van der Waals surface area contributed by atoms with Gasteiger partial charge < -0.3 is 14.5 Å². The number of nitrogens with one attached hydrogen (secondary N) is 1. The normalized spacial score (nSPS) is 11.7. The second kappa shape index (κ2) is 8.24. The summed E-state index contributed by atoms with van der Waals surface area (Å²) < 4.78 is 4.62. The highest BCUT2D eigenvalue weighted by Gasteiger charge is 2.17. The lowest BCUT2D eigenvalue weighted by Crippen LogP contribution is -2.08. The van der Waals surface area contributed by atoms with Gasteiger partial charge in [0, 0.05) is 58.6 Å². The third-order valence-electron chi connectivity index (χ3n) is 7.18. The summed E-state index contributed by atoms with van der Waals surface area (Å²) in [5.74, 6) is 0.871. The number of benzene rings is 3. The lowest BCUT2D eigenvalue weighted by Gasteiger charge is -2.12. The number of anilines is 1. The van der Waals surface area contributed by atoms with Crippen LogP contribution in [0.15, 0.2) is 103 Å². The quantitative estimate of drug-likeness (QED) is 0.300. The Morgan fingerprint density at radius 3 is 2.08 bits per heavy atom. The third kappa shape index (κ3) is 3.17. The fourth-order valence-electron chi connectivity index (χ4n) is 5.55. The summed E-state index contributed by atoms with van der Waals surface area (Å²) in [6.07, 6.45) is 3.81. The van der Waals surface area contributed by atoms with Gasteiger partial charge in [0.15, 0.2) is 5.82 Å². The molecule has 4 heterocycles. The fraction of sp³-hybridized carbons (Fsp3) is 0.0968. The first-order chi connectivity index (χ1) is 17.8. The molecule has 4 aromatic heterocycles. The van der Waals surface area contributed by atoms with Gasteiger partial charge in [-0.1, -0.05) is 66.7 Å². The molecule has 0 fully saturated rings. The van der Waals surface area contributed by atoms with E-state index in [0.717, 1.165) is 23.6 Å². The van der Waals surface area contributed by atoms with Crippen molar-refractivity contribution >= 4 is 49.4 Å². The van der Waals surface area contributed by atoms with Crippen LogP contribution in [-0.4, -0.2) is 19.1 Å². The van der Waals surface area contributed by atoms with E-state index in [1.807, 2.05) is 12.4 Å². The Kier molecular flexibility index (Phi) is 4.74. The standard InChI is InChI=1S/C31H25N5/c1-35-27-13-7-5-11-22(27)25-16-18-33-31(30(25)35)34-19-26-29-24(15-17-32-26)23-12-6-8-14-28(23)36(29)20-21-9-3-2-4-10-21/h2-18H,19-20H2,1H3,(H,33,34). The molecule has 5 nitrogen and oxygen atoms in total. The van der Waals surface area contributed by atoms with Crippen LogP contribution in [0, 0.1) is 0 Å². The molecule has 0 aliphatic heterocycles. The van der Waals surface area contributed by atoms with Gasteiger partial charge in [0.25, 0.3) is 0 Å². The molecule has 0 amide bonds. The molecule has 0 radical (unpaired) electrons. The maximum atomic E-state index is 4.85. The van der Waals surface area contributed by atoms with Gasteiger partial charge in [0.2, 0.25) is 0 Å². The summed E-state index contributed by atoms with van der Waals surface area (Å²) in [7, 11) is 2.11. The monoisotopic (exact) mass is 467 g/mol. The van der Waals surface area contributed by atoms with Crippen molar-refractivity contribution in [2.45, 2.75) is 13.1 Å². The van der Waals surface area contributed by atoms with Crippen LogP contribution in [0.5, 0.6) is 0 Å². The van der Waals surface area contributed by atoms with Crippen molar-refractivity contribution in [2.75, 3.05) is 5.32 Å². The maximum Gasteiger partial charge on any atom is 0.150 e. The molecule has 0 aliphatic rings. The van der Waals surface area contributed by atoms with Crippen molar-refractivity contribution in [2.24, 2.45) is 7.05 Å². The van der Waals surface area contributed by atoms with Crippen LogP contribution in [0.2, 0.25) is 0 Å². The topological polar surface area (TPSA) is 47.7 Å². The number of pyridine rings is 2. The minimum Gasteiger partial charge on any atom is -0.363 e. The zero-order valence-corrected chi connectivity index (χ0v) is 20.0. The first-order valence-electron chi connectivity index (χ1n) is 12.2. The van der Waals surface area contributed by atoms with Crippen molar-refractivity contribution in [1.82, 2.24) is 19.1 Å². The molecule has 0 unspecified atom stereocenters. The van der Waals surface area contributed by atoms with Crippen LogP contribution < -0.4 is 5.32 Å². The Bertz CT molecular complexity index is 1880. The predicted octanol–water partition coefficient (Wildman–Crippen LogP) is 6.89. The van der Waals surface area contributed by atoms with Gasteiger partial charge in [-0.3, -0.25) is 4.98 Å². The number of rotatable bonds is 5. The van der Waals surface area contributed by atoms with Gasteiger partial charge in [-0.25, -0.2) is 4.98 Å². The molecule has 174 valence electrons. The summed E-state index contributed by atoms with van der Waals surface area (Å²) in [6.45, 7) is 1.37. The summed E-state index contributed by atoms with van der Waals surface area (Å²) in [5, 5.41) is 8.55. The third-order valence-corrected chi connectivity index (χ3v) is 7.18. The summed E-state index contributed by atoms with van der Waals surface area (Å²) in [5.41, 5.74) is 6.98. The molecule has 36 heavy (non-hydrogen) atoms. The number of nitrogens with zero attached hydrogens (tertiary/aromatic N) is 4. The molecule has 0 bridgehead atoms. The van der Waals surface area contributed by atoms with Crippen LogP contribution in [0.25, 0.3) is 43.6 Å². The molecular weight excluding hydrogens is 442 g/mol. The first-order valence-corrected chi connectivity index (χ1v) is 12.2. The van der Waals surface area contributed by atoms with E-state index < -0.39 is 0 Å². The highest BCUT2D eigenvalue weighted by atomic mass is 15.1. The molecule has 0 spiro atoms. The van der Waals surface area contributed by atoms with Gasteiger partial charge in [0.1, 0.15) is 0 Å². The van der Waals surface area contributed by atoms with Crippen LogP contribution >= 0.6 is 0 Å². The molecule has 5 heteroatoms. The molecule has 7 aromatic rings. The zero-order valence-electron chi connectivity index (χ0n) is 20.0. The highest BCUT2D eigenvalue weighted by Crippen LogP contribution is 2.33. The van der Waals surface area contributed by atoms with Crippen molar-refractivity contribution in [3.8, 4) is 0 Å². The van der Waals surface area contributed by atoms with E-state index in [4.69, 9.17) is 9.97 Å². The minimum absolute atomic E-state index is 0.579.